The van der Waals surface area contributed by atoms with Crippen LogP contribution in [0.2, 0.25) is 0 Å². The Balaban J connectivity index is 2.90. The van der Waals surface area contributed by atoms with Gasteiger partial charge in [-0.3, -0.25) is 0 Å². The molecule has 0 amide bonds. The summed E-state index contributed by atoms with van der Waals surface area (Å²) in [5.41, 5.74) is 6.61. The second-order valence-corrected chi connectivity index (χ2v) is 4.56. The van der Waals surface area contributed by atoms with Crippen molar-refractivity contribution in [3.05, 3.63) is 17.3 Å². The van der Waals surface area contributed by atoms with Crippen molar-refractivity contribution in [1.29, 1.82) is 0 Å². The van der Waals surface area contributed by atoms with Crippen molar-refractivity contribution >= 4 is 0 Å². The maximum atomic E-state index is 5.77. The second-order valence-electron chi connectivity index (χ2n) is 4.56. The van der Waals surface area contributed by atoms with E-state index in [1.165, 1.54) is 0 Å². The minimum atomic E-state index is 0.356. The van der Waals surface area contributed by atoms with Crippen molar-refractivity contribution in [2.75, 3.05) is 6.54 Å². The smallest absolute Gasteiger partial charge is 0.197 e. The summed E-state index contributed by atoms with van der Waals surface area (Å²) in [6.07, 6.45) is 1.87. The molecule has 15 heavy (non-hydrogen) atoms. The van der Waals surface area contributed by atoms with E-state index in [0.29, 0.717) is 18.4 Å². The van der Waals surface area contributed by atoms with Crippen molar-refractivity contribution in [1.82, 2.24) is 4.98 Å². The van der Waals surface area contributed by atoms with Gasteiger partial charge in [0.1, 0.15) is 5.76 Å². The van der Waals surface area contributed by atoms with Gasteiger partial charge in [0, 0.05) is 12.3 Å². The normalized spacial score (nSPS) is 11.7. The standard InChI is InChI=1S/C12H22N2O/c1-8(2)11-10(6-5-7-13)15-12(14-11)9(3)4/h8-9H,5-7,13H2,1-4H3. The molecule has 0 bridgehead atoms. The van der Waals surface area contributed by atoms with Crippen LogP contribution in [0.4, 0.5) is 0 Å². The van der Waals surface area contributed by atoms with Crippen molar-refractivity contribution in [3.8, 4) is 0 Å². The van der Waals surface area contributed by atoms with Crippen LogP contribution in [0.5, 0.6) is 0 Å². The average Bonchev–Trinajstić information content (AvgIpc) is 2.58. The molecule has 1 heterocycles. The average molecular weight is 210 g/mol. The molecule has 3 nitrogen and oxygen atoms in total. The van der Waals surface area contributed by atoms with E-state index in [1.54, 1.807) is 0 Å². The Morgan fingerprint density at radius 1 is 1.20 bits per heavy atom. The minimum absolute atomic E-state index is 0.356. The zero-order valence-electron chi connectivity index (χ0n) is 10.2. The van der Waals surface area contributed by atoms with Crippen molar-refractivity contribution in [2.45, 2.75) is 52.4 Å². The van der Waals surface area contributed by atoms with Crippen LogP contribution in [0.15, 0.2) is 4.42 Å². The highest BCUT2D eigenvalue weighted by atomic mass is 16.4. The molecule has 0 saturated carbocycles. The fourth-order valence-electron chi connectivity index (χ4n) is 1.52. The Morgan fingerprint density at radius 3 is 2.33 bits per heavy atom. The van der Waals surface area contributed by atoms with Crippen LogP contribution < -0.4 is 5.73 Å². The maximum Gasteiger partial charge on any atom is 0.197 e. The van der Waals surface area contributed by atoms with E-state index in [-0.39, 0.29) is 0 Å². The second kappa shape index (κ2) is 5.31. The van der Waals surface area contributed by atoms with E-state index < -0.39 is 0 Å². The summed E-state index contributed by atoms with van der Waals surface area (Å²) in [4.78, 5) is 4.55. The van der Waals surface area contributed by atoms with Crippen LogP contribution in [0.1, 0.15) is 63.3 Å². The molecule has 0 saturated heterocycles. The van der Waals surface area contributed by atoms with Crippen LogP contribution in [0, 0.1) is 0 Å². The Hall–Kier alpha value is -0.830. The monoisotopic (exact) mass is 210 g/mol. The fraction of sp³-hybridized carbons (Fsp3) is 0.750. The molecule has 0 unspecified atom stereocenters. The largest absolute Gasteiger partial charge is 0.445 e. The van der Waals surface area contributed by atoms with Gasteiger partial charge in [-0.2, -0.15) is 0 Å². The topological polar surface area (TPSA) is 52.0 Å². The van der Waals surface area contributed by atoms with Gasteiger partial charge in [0.2, 0.25) is 0 Å². The lowest BCUT2D eigenvalue weighted by molar-refractivity contribution is 0.431. The van der Waals surface area contributed by atoms with Gasteiger partial charge in [0.05, 0.1) is 5.69 Å². The highest BCUT2D eigenvalue weighted by Crippen LogP contribution is 2.24. The quantitative estimate of drug-likeness (QED) is 0.813. The number of aryl methyl sites for hydroxylation is 1. The molecule has 2 N–H and O–H groups in total. The van der Waals surface area contributed by atoms with Gasteiger partial charge in [0.15, 0.2) is 5.89 Å². The Morgan fingerprint density at radius 2 is 1.87 bits per heavy atom. The molecular formula is C12H22N2O. The third kappa shape index (κ3) is 3.06. The van der Waals surface area contributed by atoms with Crippen LogP contribution in [0.3, 0.4) is 0 Å². The Labute approximate surface area is 92.1 Å². The van der Waals surface area contributed by atoms with E-state index in [4.69, 9.17) is 10.2 Å². The number of nitrogens with two attached hydrogens (primary N) is 1. The predicted octanol–water partition coefficient (Wildman–Crippen LogP) is 2.81. The van der Waals surface area contributed by atoms with E-state index >= 15 is 0 Å². The van der Waals surface area contributed by atoms with Gasteiger partial charge in [-0.25, -0.2) is 4.98 Å². The number of nitrogens with zero attached hydrogens (tertiary/aromatic N) is 1. The van der Waals surface area contributed by atoms with E-state index in [1.807, 2.05) is 0 Å². The Kier molecular flexibility index (Phi) is 4.33. The number of hydrogen-bond donors (Lipinski definition) is 1. The van der Waals surface area contributed by atoms with Crippen molar-refractivity contribution < 1.29 is 4.42 Å². The molecular weight excluding hydrogens is 188 g/mol. The molecule has 0 radical (unpaired) electrons. The van der Waals surface area contributed by atoms with Gasteiger partial charge < -0.3 is 10.2 Å². The van der Waals surface area contributed by atoms with Crippen LogP contribution in [0.25, 0.3) is 0 Å². The van der Waals surface area contributed by atoms with Crippen LogP contribution in [-0.4, -0.2) is 11.5 Å². The molecule has 0 atom stereocenters. The zero-order chi connectivity index (χ0) is 11.4. The molecule has 0 fully saturated rings. The first kappa shape index (κ1) is 12.2. The van der Waals surface area contributed by atoms with Crippen LogP contribution >= 0.6 is 0 Å². The van der Waals surface area contributed by atoms with Gasteiger partial charge in [-0.15, -0.1) is 0 Å². The molecule has 1 rings (SSSR count). The number of aromatic nitrogens is 1. The first-order chi connectivity index (χ1) is 7.06. The third-order valence-corrected chi connectivity index (χ3v) is 2.39. The molecule has 0 aromatic carbocycles. The summed E-state index contributed by atoms with van der Waals surface area (Å²) < 4.78 is 5.77. The lowest BCUT2D eigenvalue weighted by Crippen LogP contribution is -2.02. The number of oxazole rings is 1. The van der Waals surface area contributed by atoms with Crippen molar-refractivity contribution in [3.63, 3.8) is 0 Å². The Bertz CT molecular complexity index is 303. The van der Waals surface area contributed by atoms with Gasteiger partial charge in [0.25, 0.3) is 0 Å². The van der Waals surface area contributed by atoms with Crippen molar-refractivity contribution in [2.24, 2.45) is 5.73 Å². The highest BCUT2D eigenvalue weighted by Gasteiger charge is 2.17. The molecule has 86 valence electrons. The third-order valence-electron chi connectivity index (χ3n) is 2.39. The van der Waals surface area contributed by atoms with Gasteiger partial charge in [-0.05, 0) is 18.9 Å². The van der Waals surface area contributed by atoms with E-state index in [0.717, 1.165) is 30.2 Å². The molecule has 1 aromatic rings. The first-order valence-corrected chi connectivity index (χ1v) is 5.75. The summed E-state index contributed by atoms with van der Waals surface area (Å²) in [6.45, 7) is 9.20. The number of rotatable bonds is 5. The lowest BCUT2D eigenvalue weighted by atomic mass is 10.1. The maximum absolute atomic E-state index is 5.77. The lowest BCUT2D eigenvalue weighted by Gasteiger charge is -2.02. The molecule has 0 aliphatic rings. The molecule has 1 aromatic heterocycles. The first-order valence-electron chi connectivity index (χ1n) is 5.75. The summed E-state index contributed by atoms with van der Waals surface area (Å²) in [5.74, 6) is 2.66. The minimum Gasteiger partial charge on any atom is -0.445 e. The number of hydrogen-bond acceptors (Lipinski definition) is 3. The van der Waals surface area contributed by atoms with Crippen LogP contribution in [-0.2, 0) is 6.42 Å². The molecule has 0 aliphatic heterocycles. The highest BCUT2D eigenvalue weighted by molar-refractivity contribution is 5.15. The summed E-state index contributed by atoms with van der Waals surface area (Å²) >= 11 is 0. The fourth-order valence-corrected chi connectivity index (χ4v) is 1.52. The summed E-state index contributed by atoms with van der Waals surface area (Å²) in [6, 6.07) is 0. The van der Waals surface area contributed by atoms with E-state index in [9.17, 15) is 0 Å². The molecule has 0 spiro atoms. The summed E-state index contributed by atoms with van der Waals surface area (Å²) in [5, 5.41) is 0. The predicted molar refractivity (Wildman–Crippen MR) is 62.1 cm³/mol. The molecule has 3 heteroatoms. The van der Waals surface area contributed by atoms with Gasteiger partial charge >= 0.3 is 0 Å². The van der Waals surface area contributed by atoms with Gasteiger partial charge in [-0.1, -0.05) is 27.7 Å². The zero-order valence-corrected chi connectivity index (χ0v) is 10.2. The van der Waals surface area contributed by atoms with E-state index in [2.05, 4.69) is 32.7 Å². The SMILES string of the molecule is CC(C)c1nc(C(C)C)c(CCCN)o1. The summed E-state index contributed by atoms with van der Waals surface area (Å²) in [7, 11) is 0. The molecule has 0 aliphatic carbocycles.